The van der Waals surface area contributed by atoms with Crippen molar-refractivity contribution in [2.45, 2.75) is 26.2 Å². The Morgan fingerprint density at radius 2 is 1.69 bits per heavy atom. The summed E-state index contributed by atoms with van der Waals surface area (Å²) in [6.07, 6.45) is -0.491. The van der Waals surface area contributed by atoms with Crippen molar-refractivity contribution >= 4 is 17.5 Å². The molecule has 0 spiro atoms. The first kappa shape index (κ1) is 18.3. The number of benzene rings is 2. The van der Waals surface area contributed by atoms with Crippen LogP contribution in [-0.2, 0) is 10.2 Å². The first-order valence-corrected chi connectivity index (χ1v) is 8.94. The van der Waals surface area contributed by atoms with E-state index in [1.54, 1.807) is 0 Å². The zero-order chi connectivity index (χ0) is 18.6. The molecule has 0 atom stereocenters. The van der Waals surface area contributed by atoms with Crippen molar-refractivity contribution in [3.63, 3.8) is 0 Å². The number of hydrogen-bond acceptors (Lipinski definition) is 4. The number of morpholine rings is 1. The van der Waals surface area contributed by atoms with E-state index in [-0.39, 0.29) is 5.41 Å². The zero-order valence-corrected chi connectivity index (χ0v) is 15.6. The monoisotopic (exact) mass is 354 g/mol. The highest BCUT2D eigenvalue weighted by molar-refractivity contribution is 5.87. The third-order valence-electron chi connectivity index (χ3n) is 4.42. The van der Waals surface area contributed by atoms with Gasteiger partial charge in [-0.05, 0) is 35.2 Å². The molecular formula is C21H26N2O3. The number of para-hydroxylation sites is 2. The molecule has 0 unspecified atom stereocenters. The molecule has 0 aliphatic carbocycles. The van der Waals surface area contributed by atoms with Crippen molar-refractivity contribution in [1.82, 2.24) is 0 Å². The van der Waals surface area contributed by atoms with Gasteiger partial charge in [-0.25, -0.2) is 4.79 Å². The molecule has 1 heterocycles. The van der Waals surface area contributed by atoms with E-state index in [0.717, 1.165) is 18.8 Å². The smallest absolute Gasteiger partial charge is 0.408 e. The molecule has 2 aromatic rings. The Morgan fingerprint density at radius 3 is 2.35 bits per heavy atom. The third kappa shape index (κ3) is 4.55. The van der Waals surface area contributed by atoms with Gasteiger partial charge in [-0.15, -0.1) is 0 Å². The quantitative estimate of drug-likeness (QED) is 0.886. The predicted octanol–water partition coefficient (Wildman–Crippen LogP) is 4.43. The molecule has 5 heteroatoms. The maximum atomic E-state index is 12.3. The largest absolute Gasteiger partial charge is 0.417 e. The molecule has 1 fully saturated rings. The minimum atomic E-state index is -0.491. The lowest BCUT2D eigenvalue weighted by Gasteiger charge is -2.29. The highest BCUT2D eigenvalue weighted by Gasteiger charge is 2.17. The molecule has 26 heavy (non-hydrogen) atoms. The maximum absolute atomic E-state index is 12.3. The SMILES string of the molecule is CC(C)(C)c1ccc(NC(=O)Oc2ccccc2N2CCOCC2)cc1. The highest BCUT2D eigenvalue weighted by atomic mass is 16.6. The second-order valence-corrected chi connectivity index (χ2v) is 7.41. The summed E-state index contributed by atoms with van der Waals surface area (Å²) < 4.78 is 11.0. The van der Waals surface area contributed by atoms with Crippen LogP contribution in [0.5, 0.6) is 5.75 Å². The van der Waals surface area contributed by atoms with Crippen LogP contribution in [0.15, 0.2) is 48.5 Å². The Morgan fingerprint density at radius 1 is 1.04 bits per heavy atom. The van der Waals surface area contributed by atoms with E-state index in [9.17, 15) is 4.79 Å². The van der Waals surface area contributed by atoms with Crippen LogP contribution in [0.4, 0.5) is 16.2 Å². The highest BCUT2D eigenvalue weighted by Crippen LogP contribution is 2.29. The van der Waals surface area contributed by atoms with E-state index in [2.05, 4.69) is 31.0 Å². The number of hydrogen-bond donors (Lipinski definition) is 1. The normalized spacial score (nSPS) is 14.8. The summed E-state index contributed by atoms with van der Waals surface area (Å²) >= 11 is 0. The van der Waals surface area contributed by atoms with E-state index in [0.29, 0.717) is 24.7 Å². The van der Waals surface area contributed by atoms with Crippen LogP contribution in [0.25, 0.3) is 0 Å². The van der Waals surface area contributed by atoms with Gasteiger partial charge in [0.15, 0.2) is 5.75 Å². The number of nitrogens with zero attached hydrogens (tertiary/aromatic N) is 1. The average molecular weight is 354 g/mol. The summed E-state index contributed by atoms with van der Waals surface area (Å²) in [5.41, 5.74) is 2.92. The molecule has 0 saturated carbocycles. The van der Waals surface area contributed by atoms with Gasteiger partial charge in [-0.2, -0.15) is 0 Å². The number of nitrogens with one attached hydrogen (secondary N) is 1. The summed E-state index contributed by atoms with van der Waals surface area (Å²) in [4.78, 5) is 14.5. The molecule has 138 valence electrons. The summed E-state index contributed by atoms with van der Waals surface area (Å²) in [5, 5.41) is 2.79. The van der Waals surface area contributed by atoms with Gasteiger partial charge in [-0.1, -0.05) is 45.0 Å². The fourth-order valence-electron chi connectivity index (χ4n) is 2.91. The van der Waals surface area contributed by atoms with Crippen molar-refractivity contribution in [2.24, 2.45) is 0 Å². The Labute approximate surface area is 154 Å². The minimum absolute atomic E-state index is 0.0795. The molecule has 1 aliphatic rings. The summed E-state index contributed by atoms with van der Waals surface area (Å²) in [6, 6.07) is 15.4. The van der Waals surface area contributed by atoms with Crippen LogP contribution in [0.3, 0.4) is 0 Å². The Kier molecular flexibility index (Phi) is 5.47. The van der Waals surface area contributed by atoms with Gasteiger partial charge < -0.3 is 14.4 Å². The summed E-state index contributed by atoms with van der Waals surface area (Å²) in [5.74, 6) is 0.554. The van der Waals surface area contributed by atoms with Crippen LogP contribution >= 0.6 is 0 Å². The van der Waals surface area contributed by atoms with E-state index in [1.165, 1.54) is 5.56 Å². The predicted molar refractivity (Wildman–Crippen MR) is 104 cm³/mol. The second-order valence-electron chi connectivity index (χ2n) is 7.41. The van der Waals surface area contributed by atoms with Gasteiger partial charge in [0, 0.05) is 18.8 Å². The topological polar surface area (TPSA) is 50.8 Å². The third-order valence-corrected chi connectivity index (χ3v) is 4.42. The molecular weight excluding hydrogens is 328 g/mol. The maximum Gasteiger partial charge on any atom is 0.417 e. The molecule has 0 bridgehead atoms. The van der Waals surface area contributed by atoms with E-state index in [4.69, 9.17) is 9.47 Å². The Bertz CT molecular complexity index is 745. The van der Waals surface area contributed by atoms with Gasteiger partial charge in [-0.3, -0.25) is 5.32 Å². The first-order chi connectivity index (χ1) is 12.4. The minimum Gasteiger partial charge on any atom is -0.408 e. The van der Waals surface area contributed by atoms with Gasteiger partial charge in [0.05, 0.1) is 18.9 Å². The van der Waals surface area contributed by atoms with Crippen molar-refractivity contribution in [2.75, 3.05) is 36.5 Å². The molecule has 0 aromatic heterocycles. The second kappa shape index (κ2) is 7.79. The van der Waals surface area contributed by atoms with E-state index < -0.39 is 6.09 Å². The summed E-state index contributed by atoms with van der Waals surface area (Å²) in [7, 11) is 0. The van der Waals surface area contributed by atoms with Gasteiger partial charge in [0.25, 0.3) is 0 Å². The standard InChI is InChI=1S/C21H26N2O3/c1-21(2,3)16-8-10-17(11-9-16)22-20(24)26-19-7-5-4-6-18(19)23-12-14-25-15-13-23/h4-11H,12-15H2,1-3H3,(H,22,24). The lowest BCUT2D eigenvalue weighted by Crippen LogP contribution is -2.36. The number of anilines is 2. The number of ether oxygens (including phenoxy) is 2. The first-order valence-electron chi connectivity index (χ1n) is 8.94. The number of carbonyl (C=O) groups is 1. The van der Waals surface area contributed by atoms with Crippen molar-refractivity contribution in [1.29, 1.82) is 0 Å². The van der Waals surface area contributed by atoms with Crippen molar-refractivity contribution < 1.29 is 14.3 Å². The van der Waals surface area contributed by atoms with Crippen LogP contribution in [0, 0.1) is 0 Å². The van der Waals surface area contributed by atoms with Crippen LogP contribution < -0.4 is 15.0 Å². The summed E-state index contributed by atoms with van der Waals surface area (Å²) in [6.45, 7) is 9.42. The average Bonchev–Trinajstić information content (AvgIpc) is 2.62. The van der Waals surface area contributed by atoms with Crippen LogP contribution in [0.2, 0.25) is 0 Å². The number of carbonyl (C=O) groups excluding carboxylic acids is 1. The van der Waals surface area contributed by atoms with Crippen LogP contribution in [-0.4, -0.2) is 32.4 Å². The molecule has 1 N–H and O–H groups in total. The molecule has 2 aromatic carbocycles. The Balaban J connectivity index is 1.67. The van der Waals surface area contributed by atoms with Gasteiger partial charge >= 0.3 is 6.09 Å². The van der Waals surface area contributed by atoms with Crippen molar-refractivity contribution in [3.05, 3.63) is 54.1 Å². The molecule has 0 radical (unpaired) electrons. The number of rotatable bonds is 3. The zero-order valence-electron chi connectivity index (χ0n) is 15.6. The van der Waals surface area contributed by atoms with E-state index in [1.807, 2.05) is 48.5 Å². The fraction of sp³-hybridized carbons (Fsp3) is 0.381. The van der Waals surface area contributed by atoms with Crippen molar-refractivity contribution in [3.8, 4) is 5.75 Å². The molecule has 1 amide bonds. The lowest BCUT2D eigenvalue weighted by molar-refractivity contribution is 0.122. The lowest BCUT2D eigenvalue weighted by atomic mass is 9.87. The Hall–Kier alpha value is -2.53. The molecule has 5 nitrogen and oxygen atoms in total. The van der Waals surface area contributed by atoms with E-state index >= 15 is 0 Å². The fourth-order valence-corrected chi connectivity index (χ4v) is 2.91. The number of amides is 1. The van der Waals surface area contributed by atoms with Gasteiger partial charge in [0.1, 0.15) is 0 Å². The molecule has 1 saturated heterocycles. The molecule has 1 aliphatic heterocycles. The van der Waals surface area contributed by atoms with Gasteiger partial charge in [0.2, 0.25) is 0 Å². The van der Waals surface area contributed by atoms with Crippen LogP contribution in [0.1, 0.15) is 26.3 Å². The molecule has 3 rings (SSSR count).